The van der Waals surface area contributed by atoms with Gasteiger partial charge >= 0.3 is 0 Å². The highest BCUT2D eigenvalue weighted by Crippen LogP contribution is 2.21. The molecule has 7 nitrogen and oxygen atoms in total. The molecule has 1 saturated heterocycles. The fourth-order valence-electron chi connectivity index (χ4n) is 2.58. The van der Waals surface area contributed by atoms with Gasteiger partial charge in [0.1, 0.15) is 4.90 Å². The molecule has 2 heterocycles. The quantitative estimate of drug-likeness (QED) is 0.823. The van der Waals surface area contributed by atoms with Crippen LogP contribution < -0.4 is 10.5 Å². The number of hydrogen-bond donors (Lipinski definition) is 2. The molecular formula is C12H23N5O2S. The molecule has 0 bridgehead atoms. The number of piperidine rings is 1. The molecule has 0 aliphatic carbocycles. The second kappa shape index (κ2) is 5.71. The van der Waals surface area contributed by atoms with Crippen molar-refractivity contribution < 1.29 is 8.42 Å². The molecule has 0 aromatic carbocycles. The minimum Gasteiger partial charge on any atom is -0.381 e. The fourth-order valence-corrected chi connectivity index (χ4v) is 4.03. The number of nitrogen functional groups attached to an aromatic ring is 1. The Morgan fingerprint density at radius 2 is 2.25 bits per heavy atom. The molecule has 0 saturated carbocycles. The summed E-state index contributed by atoms with van der Waals surface area (Å²) in [5, 5.41) is 3.99. The van der Waals surface area contributed by atoms with E-state index in [0.717, 1.165) is 19.5 Å². The summed E-state index contributed by atoms with van der Waals surface area (Å²) in [6.07, 6.45) is 2.29. The van der Waals surface area contributed by atoms with Crippen molar-refractivity contribution in [2.75, 3.05) is 25.9 Å². The molecule has 20 heavy (non-hydrogen) atoms. The second-order valence-electron chi connectivity index (χ2n) is 5.49. The van der Waals surface area contributed by atoms with Gasteiger partial charge < -0.3 is 10.6 Å². The topological polar surface area (TPSA) is 93.2 Å². The molecule has 3 N–H and O–H groups in total. The van der Waals surface area contributed by atoms with Crippen molar-refractivity contribution in [3.05, 3.63) is 6.20 Å². The number of nitrogens with zero attached hydrogens (tertiary/aromatic N) is 3. The Hall–Kier alpha value is -1.12. The van der Waals surface area contributed by atoms with E-state index in [-0.39, 0.29) is 22.7 Å². The van der Waals surface area contributed by atoms with Gasteiger partial charge in [0.05, 0.1) is 0 Å². The lowest BCUT2D eigenvalue weighted by Crippen LogP contribution is -2.48. The average molecular weight is 301 g/mol. The van der Waals surface area contributed by atoms with Crippen molar-refractivity contribution in [2.24, 2.45) is 5.92 Å². The van der Waals surface area contributed by atoms with E-state index >= 15 is 0 Å². The van der Waals surface area contributed by atoms with Crippen LogP contribution in [0.25, 0.3) is 0 Å². The van der Waals surface area contributed by atoms with Crippen LogP contribution in [-0.4, -0.2) is 49.3 Å². The SMILES string of the molecule is CCn1cc(S(=O)(=O)NC2CCN(C)CC2C)c(N)n1. The molecule has 1 aliphatic rings. The number of nitrogens with two attached hydrogens (primary N) is 1. The van der Waals surface area contributed by atoms with Gasteiger partial charge in [-0.2, -0.15) is 5.10 Å². The Balaban J connectivity index is 2.16. The van der Waals surface area contributed by atoms with E-state index in [4.69, 9.17) is 5.73 Å². The summed E-state index contributed by atoms with van der Waals surface area (Å²) in [6, 6.07) is -0.0550. The van der Waals surface area contributed by atoms with Crippen LogP contribution in [0.4, 0.5) is 5.82 Å². The molecule has 2 unspecified atom stereocenters. The van der Waals surface area contributed by atoms with Crippen LogP contribution in [0.5, 0.6) is 0 Å². The molecule has 0 spiro atoms. The third-order valence-electron chi connectivity index (χ3n) is 3.78. The van der Waals surface area contributed by atoms with Crippen LogP contribution >= 0.6 is 0 Å². The Kier molecular flexibility index (Phi) is 4.36. The summed E-state index contributed by atoms with van der Waals surface area (Å²) in [5.41, 5.74) is 5.71. The monoisotopic (exact) mass is 301 g/mol. The normalized spacial score (nSPS) is 24.9. The van der Waals surface area contributed by atoms with Gasteiger partial charge in [-0.1, -0.05) is 6.92 Å². The van der Waals surface area contributed by atoms with Gasteiger partial charge in [0.25, 0.3) is 0 Å². The van der Waals surface area contributed by atoms with Crippen molar-refractivity contribution in [1.82, 2.24) is 19.4 Å². The van der Waals surface area contributed by atoms with Gasteiger partial charge in [0, 0.05) is 25.3 Å². The number of sulfonamides is 1. The maximum Gasteiger partial charge on any atom is 0.246 e. The predicted octanol–water partition coefficient (Wildman–Crippen LogP) is 0.104. The number of aromatic nitrogens is 2. The molecule has 2 rings (SSSR count). The second-order valence-corrected chi connectivity index (χ2v) is 7.17. The van der Waals surface area contributed by atoms with E-state index in [0.29, 0.717) is 6.54 Å². The average Bonchev–Trinajstić information content (AvgIpc) is 2.75. The van der Waals surface area contributed by atoms with Crippen LogP contribution in [-0.2, 0) is 16.6 Å². The number of aryl methyl sites for hydroxylation is 1. The Labute approximate surface area is 120 Å². The summed E-state index contributed by atoms with van der Waals surface area (Å²) in [6.45, 7) is 6.31. The van der Waals surface area contributed by atoms with Crippen molar-refractivity contribution in [1.29, 1.82) is 0 Å². The number of hydrogen-bond acceptors (Lipinski definition) is 5. The summed E-state index contributed by atoms with van der Waals surface area (Å²) in [5.74, 6) is 0.325. The smallest absolute Gasteiger partial charge is 0.246 e. The molecule has 114 valence electrons. The van der Waals surface area contributed by atoms with E-state index in [9.17, 15) is 8.42 Å². The molecule has 0 radical (unpaired) electrons. The third-order valence-corrected chi connectivity index (χ3v) is 5.29. The molecule has 1 aromatic heterocycles. The molecule has 0 amide bonds. The standard InChI is InChI=1S/C12H23N5O2S/c1-4-17-8-11(12(13)14-17)20(18,19)15-10-5-6-16(3)7-9(10)2/h8-10,15H,4-7H2,1-3H3,(H2,13,14). The van der Waals surface area contributed by atoms with Crippen LogP contribution in [0.15, 0.2) is 11.1 Å². The molecular weight excluding hydrogens is 278 g/mol. The highest BCUT2D eigenvalue weighted by atomic mass is 32.2. The molecule has 2 atom stereocenters. The van der Waals surface area contributed by atoms with Crippen molar-refractivity contribution >= 4 is 15.8 Å². The van der Waals surface area contributed by atoms with Crippen molar-refractivity contribution in [3.8, 4) is 0 Å². The zero-order valence-corrected chi connectivity index (χ0v) is 13.0. The van der Waals surface area contributed by atoms with Gasteiger partial charge in [-0.15, -0.1) is 0 Å². The van der Waals surface area contributed by atoms with Gasteiger partial charge in [-0.3, -0.25) is 4.68 Å². The molecule has 1 fully saturated rings. The zero-order valence-electron chi connectivity index (χ0n) is 12.2. The van der Waals surface area contributed by atoms with Crippen molar-refractivity contribution in [2.45, 2.75) is 37.8 Å². The molecule has 1 aromatic rings. The van der Waals surface area contributed by atoms with Gasteiger partial charge in [0.2, 0.25) is 10.0 Å². The number of nitrogens with one attached hydrogen (secondary N) is 1. The maximum atomic E-state index is 12.4. The van der Waals surface area contributed by atoms with E-state index in [1.54, 1.807) is 0 Å². The minimum atomic E-state index is -3.61. The summed E-state index contributed by atoms with van der Waals surface area (Å²) < 4.78 is 29.1. The van der Waals surface area contributed by atoms with Crippen LogP contribution in [0.1, 0.15) is 20.3 Å². The molecule has 8 heteroatoms. The third kappa shape index (κ3) is 3.13. The maximum absolute atomic E-state index is 12.4. The highest BCUT2D eigenvalue weighted by molar-refractivity contribution is 7.89. The predicted molar refractivity (Wildman–Crippen MR) is 77.7 cm³/mol. The first-order valence-corrected chi connectivity index (χ1v) is 8.35. The highest BCUT2D eigenvalue weighted by Gasteiger charge is 2.30. The van der Waals surface area contributed by atoms with Gasteiger partial charge in [0.15, 0.2) is 5.82 Å². The Morgan fingerprint density at radius 1 is 1.55 bits per heavy atom. The number of anilines is 1. The van der Waals surface area contributed by atoms with Gasteiger partial charge in [-0.25, -0.2) is 13.1 Å². The fraction of sp³-hybridized carbons (Fsp3) is 0.750. The summed E-state index contributed by atoms with van der Waals surface area (Å²) in [7, 11) is -1.56. The summed E-state index contributed by atoms with van der Waals surface area (Å²) >= 11 is 0. The Bertz CT molecular complexity index is 568. The largest absolute Gasteiger partial charge is 0.381 e. The van der Waals surface area contributed by atoms with E-state index in [1.165, 1.54) is 10.9 Å². The van der Waals surface area contributed by atoms with Crippen molar-refractivity contribution in [3.63, 3.8) is 0 Å². The van der Waals surface area contributed by atoms with Crippen LogP contribution in [0.2, 0.25) is 0 Å². The summed E-state index contributed by atoms with van der Waals surface area (Å²) in [4.78, 5) is 2.28. The minimum absolute atomic E-state index is 0.0550. The van der Waals surface area contributed by atoms with E-state index in [2.05, 4.69) is 21.6 Å². The lowest BCUT2D eigenvalue weighted by atomic mass is 9.95. The van der Waals surface area contributed by atoms with Crippen LogP contribution in [0, 0.1) is 5.92 Å². The first kappa shape index (κ1) is 15.3. The van der Waals surface area contributed by atoms with E-state index < -0.39 is 10.0 Å². The van der Waals surface area contributed by atoms with E-state index in [1.807, 2.05) is 14.0 Å². The molecule has 1 aliphatic heterocycles. The Morgan fingerprint density at radius 3 is 2.80 bits per heavy atom. The zero-order chi connectivity index (χ0) is 14.9. The lowest BCUT2D eigenvalue weighted by molar-refractivity contribution is 0.188. The van der Waals surface area contributed by atoms with Gasteiger partial charge in [-0.05, 0) is 32.9 Å². The lowest BCUT2D eigenvalue weighted by Gasteiger charge is -2.34. The first-order chi connectivity index (χ1) is 9.33. The first-order valence-electron chi connectivity index (χ1n) is 6.87. The number of rotatable bonds is 4. The van der Waals surface area contributed by atoms with Crippen LogP contribution in [0.3, 0.4) is 0 Å². The number of likely N-dealkylation sites (tertiary alicyclic amines) is 1.